The van der Waals surface area contributed by atoms with Crippen LogP contribution in [0.3, 0.4) is 0 Å². The van der Waals surface area contributed by atoms with Crippen LogP contribution in [0.25, 0.3) is 0 Å². The Morgan fingerprint density at radius 2 is 2.30 bits per heavy atom. The average molecular weight is 315 g/mol. The van der Waals surface area contributed by atoms with Crippen molar-refractivity contribution >= 4 is 17.5 Å². The summed E-state index contributed by atoms with van der Waals surface area (Å²) < 4.78 is 4.69. The van der Waals surface area contributed by atoms with Crippen LogP contribution in [0.1, 0.15) is 12.0 Å². The smallest absolute Gasteiger partial charge is 0.239 e. The maximum Gasteiger partial charge on any atom is 0.239 e. The summed E-state index contributed by atoms with van der Waals surface area (Å²) in [7, 11) is 0. The first-order valence-corrected chi connectivity index (χ1v) is 7.78. The van der Waals surface area contributed by atoms with E-state index in [0.29, 0.717) is 18.3 Å². The van der Waals surface area contributed by atoms with Gasteiger partial charge in [-0.05, 0) is 37.4 Å². The van der Waals surface area contributed by atoms with E-state index in [1.54, 1.807) is 6.07 Å². The van der Waals surface area contributed by atoms with Gasteiger partial charge in [0.2, 0.25) is 5.91 Å². The zero-order valence-corrected chi connectivity index (χ0v) is 13.2. The minimum Gasteiger partial charge on any atom is -0.370 e. The van der Waals surface area contributed by atoms with Crippen molar-refractivity contribution in [2.75, 3.05) is 36.8 Å². The molecule has 1 saturated heterocycles. The maximum absolute atomic E-state index is 11.9. The zero-order valence-electron chi connectivity index (χ0n) is 13.2. The minimum absolute atomic E-state index is 0.0623. The van der Waals surface area contributed by atoms with Gasteiger partial charge in [0.05, 0.1) is 6.54 Å². The molecule has 3 heterocycles. The van der Waals surface area contributed by atoms with Gasteiger partial charge in [-0.2, -0.15) is 0 Å². The molecule has 2 aromatic rings. The van der Waals surface area contributed by atoms with E-state index in [1.807, 2.05) is 25.3 Å². The highest BCUT2D eigenvalue weighted by molar-refractivity contribution is 5.91. The first kappa shape index (κ1) is 15.5. The van der Waals surface area contributed by atoms with E-state index < -0.39 is 0 Å². The number of nitrogens with one attached hydrogen (secondary N) is 2. The number of rotatable bonds is 6. The standard InChI is InChI=1S/C16H21N5O2/c1-12-2-3-14(17-8-12)18-9-13-4-6-21(10-13)11-16(22)19-15-5-7-23-20-15/h2-3,5,7-8,13H,4,6,9-11H2,1H3,(H,17,18)(H,19,20,22). The van der Waals surface area contributed by atoms with E-state index >= 15 is 0 Å². The van der Waals surface area contributed by atoms with Crippen molar-refractivity contribution in [3.8, 4) is 0 Å². The van der Waals surface area contributed by atoms with Crippen LogP contribution < -0.4 is 10.6 Å². The highest BCUT2D eigenvalue weighted by atomic mass is 16.5. The van der Waals surface area contributed by atoms with Gasteiger partial charge in [0.1, 0.15) is 12.1 Å². The predicted molar refractivity (Wildman–Crippen MR) is 87.1 cm³/mol. The van der Waals surface area contributed by atoms with Crippen molar-refractivity contribution in [1.29, 1.82) is 0 Å². The molecule has 7 heteroatoms. The van der Waals surface area contributed by atoms with E-state index in [1.165, 1.54) is 6.26 Å². The lowest BCUT2D eigenvalue weighted by molar-refractivity contribution is -0.117. The largest absolute Gasteiger partial charge is 0.370 e. The molecule has 7 nitrogen and oxygen atoms in total. The summed E-state index contributed by atoms with van der Waals surface area (Å²) in [6, 6.07) is 5.67. The lowest BCUT2D eigenvalue weighted by Gasteiger charge is -2.15. The van der Waals surface area contributed by atoms with Crippen molar-refractivity contribution in [3.63, 3.8) is 0 Å². The molecular formula is C16H21N5O2. The summed E-state index contributed by atoms with van der Waals surface area (Å²) in [6.45, 7) is 5.12. The van der Waals surface area contributed by atoms with Gasteiger partial charge >= 0.3 is 0 Å². The Balaban J connectivity index is 1.39. The van der Waals surface area contributed by atoms with Gasteiger partial charge in [-0.3, -0.25) is 9.69 Å². The SMILES string of the molecule is Cc1ccc(NCC2CCN(CC(=O)Nc3ccon3)C2)nc1. The number of hydrogen-bond donors (Lipinski definition) is 2. The molecule has 0 saturated carbocycles. The lowest BCUT2D eigenvalue weighted by Crippen LogP contribution is -2.32. The fourth-order valence-corrected chi connectivity index (χ4v) is 2.71. The summed E-state index contributed by atoms with van der Waals surface area (Å²) in [5, 5.41) is 9.75. The number of amides is 1. The quantitative estimate of drug-likeness (QED) is 0.845. The second-order valence-electron chi connectivity index (χ2n) is 5.92. The Labute approximate surface area is 135 Å². The summed E-state index contributed by atoms with van der Waals surface area (Å²) in [5.41, 5.74) is 1.15. The number of carbonyl (C=O) groups is 1. The summed E-state index contributed by atoms with van der Waals surface area (Å²) >= 11 is 0. The Kier molecular flexibility index (Phi) is 4.87. The first-order chi connectivity index (χ1) is 11.2. The topological polar surface area (TPSA) is 83.3 Å². The van der Waals surface area contributed by atoms with Gasteiger partial charge in [-0.1, -0.05) is 11.2 Å². The number of pyridine rings is 1. The van der Waals surface area contributed by atoms with Gasteiger partial charge in [-0.25, -0.2) is 4.98 Å². The summed E-state index contributed by atoms with van der Waals surface area (Å²) in [4.78, 5) is 18.4. The fraction of sp³-hybridized carbons (Fsp3) is 0.438. The molecule has 122 valence electrons. The molecule has 23 heavy (non-hydrogen) atoms. The number of hydrogen-bond acceptors (Lipinski definition) is 6. The predicted octanol–water partition coefficient (Wildman–Crippen LogP) is 1.75. The molecule has 0 aliphatic carbocycles. The van der Waals surface area contributed by atoms with E-state index in [2.05, 4.69) is 25.7 Å². The summed E-state index contributed by atoms with van der Waals surface area (Å²) in [5.74, 6) is 1.82. The summed E-state index contributed by atoms with van der Waals surface area (Å²) in [6.07, 6.45) is 4.37. The Bertz CT molecular complexity index is 626. The van der Waals surface area contributed by atoms with E-state index in [9.17, 15) is 4.79 Å². The normalized spacial score (nSPS) is 18.0. The molecule has 2 N–H and O–H groups in total. The minimum atomic E-state index is -0.0623. The monoisotopic (exact) mass is 315 g/mol. The Morgan fingerprint density at radius 1 is 1.39 bits per heavy atom. The molecule has 1 amide bonds. The van der Waals surface area contributed by atoms with Gasteiger partial charge in [-0.15, -0.1) is 0 Å². The highest BCUT2D eigenvalue weighted by Gasteiger charge is 2.24. The molecule has 1 aliphatic rings. The number of nitrogens with zero attached hydrogens (tertiary/aromatic N) is 3. The Morgan fingerprint density at radius 3 is 3.04 bits per heavy atom. The van der Waals surface area contributed by atoms with Crippen LogP contribution in [0, 0.1) is 12.8 Å². The number of likely N-dealkylation sites (tertiary alicyclic amines) is 1. The number of anilines is 2. The lowest BCUT2D eigenvalue weighted by atomic mass is 10.1. The van der Waals surface area contributed by atoms with Crippen LogP contribution in [0.15, 0.2) is 35.2 Å². The Hall–Kier alpha value is -2.41. The third-order valence-electron chi connectivity index (χ3n) is 3.93. The first-order valence-electron chi connectivity index (χ1n) is 7.78. The van der Waals surface area contributed by atoms with Crippen LogP contribution >= 0.6 is 0 Å². The molecule has 1 aliphatic heterocycles. The third-order valence-corrected chi connectivity index (χ3v) is 3.93. The molecule has 1 fully saturated rings. The molecule has 0 bridgehead atoms. The molecule has 1 atom stereocenters. The molecular weight excluding hydrogens is 294 g/mol. The van der Waals surface area contributed by atoms with Crippen LogP contribution in [0.2, 0.25) is 0 Å². The van der Waals surface area contributed by atoms with Crippen LogP contribution in [0.5, 0.6) is 0 Å². The van der Waals surface area contributed by atoms with E-state index in [0.717, 1.165) is 37.4 Å². The van der Waals surface area contributed by atoms with Crippen molar-refractivity contribution < 1.29 is 9.32 Å². The third kappa shape index (κ3) is 4.53. The van der Waals surface area contributed by atoms with Gasteiger partial charge in [0.15, 0.2) is 5.82 Å². The van der Waals surface area contributed by atoms with E-state index in [4.69, 9.17) is 4.52 Å². The number of aryl methyl sites for hydroxylation is 1. The number of aromatic nitrogens is 2. The zero-order chi connectivity index (χ0) is 16.1. The molecule has 0 spiro atoms. The van der Waals surface area contributed by atoms with Crippen molar-refractivity contribution in [1.82, 2.24) is 15.0 Å². The van der Waals surface area contributed by atoms with Crippen molar-refractivity contribution in [3.05, 3.63) is 36.2 Å². The molecule has 0 aromatic carbocycles. The second kappa shape index (κ2) is 7.23. The fourth-order valence-electron chi connectivity index (χ4n) is 2.71. The highest BCUT2D eigenvalue weighted by Crippen LogP contribution is 2.17. The van der Waals surface area contributed by atoms with Crippen LogP contribution in [0.4, 0.5) is 11.6 Å². The molecule has 0 radical (unpaired) electrons. The average Bonchev–Trinajstić information content (AvgIpc) is 3.19. The van der Waals surface area contributed by atoms with Gasteiger partial charge in [0, 0.05) is 25.4 Å². The van der Waals surface area contributed by atoms with Crippen LogP contribution in [-0.4, -0.2) is 47.1 Å². The van der Waals surface area contributed by atoms with Gasteiger partial charge in [0.25, 0.3) is 0 Å². The van der Waals surface area contributed by atoms with Crippen molar-refractivity contribution in [2.24, 2.45) is 5.92 Å². The van der Waals surface area contributed by atoms with Crippen molar-refractivity contribution in [2.45, 2.75) is 13.3 Å². The number of carbonyl (C=O) groups excluding carboxylic acids is 1. The van der Waals surface area contributed by atoms with Gasteiger partial charge < -0.3 is 15.2 Å². The molecule has 1 unspecified atom stereocenters. The maximum atomic E-state index is 11.9. The molecule has 2 aromatic heterocycles. The van der Waals surface area contributed by atoms with Crippen LogP contribution in [-0.2, 0) is 4.79 Å². The molecule has 3 rings (SSSR count). The second-order valence-corrected chi connectivity index (χ2v) is 5.92. The van der Waals surface area contributed by atoms with E-state index in [-0.39, 0.29) is 5.91 Å².